The fraction of sp³-hybridized carbons (Fsp3) is 0.938. The minimum Gasteiger partial charge on any atom is -0.392 e. The third kappa shape index (κ3) is 4.83. The van der Waals surface area contributed by atoms with Gasteiger partial charge in [-0.15, -0.1) is 0 Å². The fourth-order valence-corrected chi connectivity index (χ4v) is 3.63. The van der Waals surface area contributed by atoms with E-state index >= 15 is 0 Å². The Morgan fingerprint density at radius 1 is 1.17 bits per heavy atom. The normalized spacial score (nSPS) is 28.7. The molecular weight excluding hydrogens is 309 g/mol. The van der Waals surface area contributed by atoms with Gasteiger partial charge in [0.05, 0.1) is 12.0 Å². The van der Waals surface area contributed by atoms with Gasteiger partial charge in [0.25, 0.3) is 0 Å². The Kier molecular flexibility index (Phi) is 6.31. The lowest BCUT2D eigenvalue weighted by Gasteiger charge is -2.40. The first-order valence-electron chi connectivity index (χ1n) is 8.58. The largest absolute Gasteiger partial charge is 0.392 e. The molecule has 3 unspecified atom stereocenters. The molecule has 7 heteroatoms. The number of hydrogen-bond acceptors (Lipinski definition) is 3. The van der Waals surface area contributed by atoms with Gasteiger partial charge in [-0.25, -0.2) is 0 Å². The predicted octanol–water partition coefficient (Wildman–Crippen LogP) is 2.27. The first-order chi connectivity index (χ1) is 10.8. The van der Waals surface area contributed by atoms with Crippen LogP contribution in [-0.2, 0) is 4.79 Å². The SMILES string of the molecule is CCC(O)CN1CCN(C(=O)C2CCCCC2C(F)(F)F)CC1. The van der Waals surface area contributed by atoms with E-state index in [0.29, 0.717) is 58.4 Å². The molecule has 2 rings (SSSR count). The predicted molar refractivity (Wildman–Crippen MR) is 80.8 cm³/mol. The highest BCUT2D eigenvalue weighted by molar-refractivity contribution is 5.79. The number of piperazine rings is 1. The van der Waals surface area contributed by atoms with Crippen molar-refractivity contribution in [1.82, 2.24) is 9.80 Å². The topological polar surface area (TPSA) is 43.8 Å². The molecule has 1 N–H and O–H groups in total. The third-order valence-electron chi connectivity index (χ3n) is 5.13. The standard InChI is InChI=1S/C16H27F3N2O2/c1-2-12(22)11-20-7-9-21(10-8-20)15(23)13-5-3-4-6-14(13)16(17,18)19/h12-14,22H,2-11H2,1H3. The van der Waals surface area contributed by atoms with Crippen LogP contribution in [0, 0.1) is 11.8 Å². The molecule has 0 spiro atoms. The Bertz CT molecular complexity index is 395. The van der Waals surface area contributed by atoms with Crippen LogP contribution in [0.15, 0.2) is 0 Å². The third-order valence-corrected chi connectivity index (χ3v) is 5.13. The maximum absolute atomic E-state index is 13.2. The van der Waals surface area contributed by atoms with E-state index in [0.717, 1.165) is 0 Å². The summed E-state index contributed by atoms with van der Waals surface area (Å²) in [6.45, 7) is 4.61. The van der Waals surface area contributed by atoms with Crippen molar-refractivity contribution in [2.75, 3.05) is 32.7 Å². The minimum atomic E-state index is -4.28. The van der Waals surface area contributed by atoms with Gasteiger partial charge >= 0.3 is 6.18 Å². The maximum atomic E-state index is 13.2. The number of halogens is 3. The summed E-state index contributed by atoms with van der Waals surface area (Å²) in [7, 11) is 0. The van der Waals surface area contributed by atoms with E-state index in [4.69, 9.17) is 0 Å². The molecule has 1 saturated carbocycles. The van der Waals surface area contributed by atoms with Gasteiger partial charge in [0.1, 0.15) is 0 Å². The molecule has 23 heavy (non-hydrogen) atoms. The summed E-state index contributed by atoms with van der Waals surface area (Å²) in [6.07, 6.45) is -2.32. The van der Waals surface area contributed by atoms with Gasteiger partial charge in [0, 0.05) is 38.6 Å². The maximum Gasteiger partial charge on any atom is 0.392 e. The van der Waals surface area contributed by atoms with Crippen molar-refractivity contribution in [1.29, 1.82) is 0 Å². The Hall–Kier alpha value is -0.820. The van der Waals surface area contributed by atoms with E-state index in [1.165, 1.54) is 0 Å². The monoisotopic (exact) mass is 336 g/mol. The van der Waals surface area contributed by atoms with Crippen molar-refractivity contribution in [2.45, 2.75) is 51.3 Å². The molecule has 4 nitrogen and oxygen atoms in total. The second kappa shape index (κ2) is 7.83. The number of hydrogen-bond donors (Lipinski definition) is 1. The van der Waals surface area contributed by atoms with E-state index in [2.05, 4.69) is 4.90 Å². The molecule has 134 valence electrons. The van der Waals surface area contributed by atoms with Crippen LogP contribution in [-0.4, -0.2) is 65.8 Å². The molecule has 0 aromatic rings. The summed E-state index contributed by atoms with van der Waals surface area (Å²) in [6, 6.07) is 0. The summed E-state index contributed by atoms with van der Waals surface area (Å²) in [5.41, 5.74) is 0. The molecule has 1 saturated heterocycles. The summed E-state index contributed by atoms with van der Waals surface area (Å²) in [4.78, 5) is 16.2. The van der Waals surface area contributed by atoms with Crippen molar-refractivity contribution >= 4 is 5.91 Å². The lowest BCUT2D eigenvalue weighted by atomic mass is 9.78. The lowest BCUT2D eigenvalue weighted by molar-refractivity contribution is -0.201. The van der Waals surface area contributed by atoms with E-state index in [1.54, 1.807) is 4.90 Å². The number of aliphatic hydroxyl groups is 1. The summed E-state index contributed by atoms with van der Waals surface area (Å²) < 4.78 is 39.5. The number of β-amino-alcohol motifs (C(OH)–C–C–N with tert-alkyl or cyclic N) is 1. The molecule has 1 amide bonds. The van der Waals surface area contributed by atoms with Crippen molar-refractivity contribution in [3.8, 4) is 0 Å². The van der Waals surface area contributed by atoms with Crippen LogP contribution in [0.3, 0.4) is 0 Å². The van der Waals surface area contributed by atoms with Gasteiger partial charge in [-0.05, 0) is 19.3 Å². The Labute approximate surface area is 135 Å². The zero-order valence-electron chi connectivity index (χ0n) is 13.7. The van der Waals surface area contributed by atoms with Crippen molar-refractivity contribution < 1.29 is 23.1 Å². The van der Waals surface area contributed by atoms with Crippen LogP contribution in [0.25, 0.3) is 0 Å². The molecule has 2 aliphatic rings. The highest BCUT2D eigenvalue weighted by Crippen LogP contribution is 2.42. The number of carbonyl (C=O) groups excluding carboxylic acids is 1. The zero-order chi connectivity index (χ0) is 17.0. The second-order valence-corrected chi connectivity index (χ2v) is 6.73. The van der Waals surface area contributed by atoms with Gasteiger partial charge in [-0.3, -0.25) is 9.69 Å². The molecule has 0 aromatic heterocycles. The Morgan fingerprint density at radius 2 is 1.78 bits per heavy atom. The molecule has 3 atom stereocenters. The van der Waals surface area contributed by atoms with E-state index < -0.39 is 18.0 Å². The Morgan fingerprint density at radius 3 is 2.35 bits per heavy atom. The molecular formula is C16H27F3N2O2. The number of amides is 1. The second-order valence-electron chi connectivity index (χ2n) is 6.73. The van der Waals surface area contributed by atoms with Crippen LogP contribution >= 0.6 is 0 Å². The molecule has 1 heterocycles. The van der Waals surface area contributed by atoms with Crippen molar-refractivity contribution in [3.63, 3.8) is 0 Å². The summed E-state index contributed by atoms with van der Waals surface area (Å²) >= 11 is 0. The van der Waals surface area contributed by atoms with Crippen molar-refractivity contribution in [2.24, 2.45) is 11.8 Å². The zero-order valence-corrected chi connectivity index (χ0v) is 13.7. The van der Waals surface area contributed by atoms with Crippen LogP contribution < -0.4 is 0 Å². The summed E-state index contributed by atoms with van der Waals surface area (Å²) in [5, 5.41) is 9.67. The number of carbonyl (C=O) groups is 1. The number of aliphatic hydroxyl groups excluding tert-OH is 1. The van der Waals surface area contributed by atoms with Gasteiger partial charge in [-0.1, -0.05) is 19.8 Å². The highest BCUT2D eigenvalue weighted by Gasteiger charge is 2.49. The number of nitrogens with zero attached hydrogens (tertiary/aromatic N) is 2. The molecule has 2 fully saturated rings. The lowest BCUT2D eigenvalue weighted by Crippen LogP contribution is -2.53. The summed E-state index contributed by atoms with van der Waals surface area (Å²) in [5.74, 6) is -2.72. The van der Waals surface area contributed by atoms with Crippen molar-refractivity contribution in [3.05, 3.63) is 0 Å². The minimum absolute atomic E-state index is 0.0720. The highest BCUT2D eigenvalue weighted by atomic mass is 19.4. The van der Waals surface area contributed by atoms with Gasteiger partial charge in [0.15, 0.2) is 0 Å². The fourth-order valence-electron chi connectivity index (χ4n) is 3.63. The van der Waals surface area contributed by atoms with Gasteiger partial charge < -0.3 is 10.0 Å². The smallest absolute Gasteiger partial charge is 0.392 e. The average Bonchev–Trinajstić information content (AvgIpc) is 2.54. The van der Waals surface area contributed by atoms with Gasteiger partial charge in [-0.2, -0.15) is 13.2 Å². The number of alkyl halides is 3. The first-order valence-corrected chi connectivity index (χ1v) is 8.58. The molecule has 0 bridgehead atoms. The van der Waals surface area contributed by atoms with E-state index in [-0.39, 0.29) is 18.4 Å². The van der Waals surface area contributed by atoms with Gasteiger partial charge in [0.2, 0.25) is 5.91 Å². The number of rotatable bonds is 4. The average molecular weight is 336 g/mol. The quantitative estimate of drug-likeness (QED) is 0.856. The van der Waals surface area contributed by atoms with E-state index in [9.17, 15) is 23.1 Å². The van der Waals surface area contributed by atoms with Crippen LogP contribution in [0.2, 0.25) is 0 Å². The van der Waals surface area contributed by atoms with E-state index in [1.807, 2.05) is 6.92 Å². The van der Waals surface area contributed by atoms with Crippen LogP contribution in [0.4, 0.5) is 13.2 Å². The molecule has 0 radical (unpaired) electrons. The first kappa shape index (κ1) is 18.5. The molecule has 0 aromatic carbocycles. The Balaban J connectivity index is 1.90. The molecule has 1 aliphatic carbocycles. The molecule has 1 aliphatic heterocycles. The van der Waals surface area contributed by atoms with Crippen LogP contribution in [0.1, 0.15) is 39.0 Å². The van der Waals surface area contributed by atoms with Crippen LogP contribution in [0.5, 0.6) is 0 Å².